The Kier molecular flexibility index (Phi) is 6.42. The monoisotopic (exact) mass is 445 g/mol. The van der Waals surface area contributed by atoms with E-state index in [9.17, 15) is 9.90 Å². The average Bonchev–Trinajstić information content (AvgIpc) is 3.29. The second kappa shape index (κ2) is 9.42. The zero-order valence-corrected chi connectivity index (χ0v) is 19.0. The van der Waals surface area contributed by atoms with Crippen molar-refractivity contribution in [2.24, 2.45) is 0 Å². The molecule has 4 aromatic rings. The van der Waals surface area contributed by atoms with Crippen molar-refractivity contribution < 1.29 is 14.4 Å². The lowest BCUT2D eigenvalue weighted by Gasteiger charge is -2.17. The predicted octanol–water partition coefficient (Wildman–Crippen LogP) is 4.63. The lowest BCUT2D eigenvalue weighted by molar-refractivity contribution is 0.0786. The Bertz CT molecular complexity index is 1280. The SMILES string of the molecule is CCCOc1cccc(Cn2cc(-c3noc(-c4ccc(C(C)(C)O)cc4)n3)ccc2=O)c1. The summed E-state index contributed by atoms with van der Waals surface area (Å²) in [5, 5.41) is 14.2. The lowest BCUT2D eigenvalue weighted by atomic mass is 9.97. The second-order valence-electron chi connectivity index (χ2n) is 8.44. The number of rotatable bonds is 8. The van der Waals surface area contributed by atoms with Gasteiger partial charge in [0.2, 0.25) is 5.82 Å². The molecule has 0 aliphatic rings. The topological polar surface area (TPSA) is 90.4 Å². The van der Waals surface area contributed by atoms with Crippen molar-refractivity contribution in [2.45, 2.75) is 39.3 Å². The summed E-state index contributed by atoms with van der Waals surface area (Å²) in [5.41, 5.74) is 2.14. The molecule has 4 rings (SSSR count). The number of benzene rings is 2. The molecular weight excluding hydrogens is 418 g/mol. The lowest BCUT2D eigenvalue weighted by Crippen LogP contribution is -2.19. The Balaban J connectivity index is 1.56. The van der Waals surface area contributed by atoms with Crippen molar-refractivity contribution in [1.29, 1.82) is 0 Å². The van der Waals surface area contributed by atoms with E-state index < -0.39 is 5.60 Å². The minimum Gasteiger partial charge on any atom is -0.494 e. The number of aromatic nitrogens is 3. The van der Waals surface area contributed by atoms with Gasteiger partial charge in [-0.15, -0.1) is 0 Å². The summed E-state index contributed by atoms with van der Waals surface area (Å²) in [7, 11) is 0. The first kappa shape index (κ1) is 22.5. The molecule has 2 aromatic carbocycles. The van der Waals surface area contributed by atoms with Gasteiger partial charge in [0.05, 0.1) is 18.8 Å². The maximum absolute atomic E-state index is 12.5. The van der Waals surface area contributed by atoms with Crippen LogP contribution >= 0.6 is 0 Å². The van der Waals surface area contributed by atoms with Gasteiger partial charge in [-0.25, -0.2) is 0 Å². The number of pyridine rings is 1. The van der Waals surface area contributed by atoms with Crippen LogP contribution in [0, 0.1) is 0 Å². The van der Waals surface area contributed by atoms with E-state index in [4.69, 9.17) is 9.26 Å². The average molecular weight is 446 g/mol. The summed E-state index contributed by atoms with van der Waals surface area (Å²) in [5.74, 6) is 1.55. The number of ether oxygens (including phenoxy) is 1. The molecule has 2 heterocycles. The molecule has 0 saturated heterocycles. The van der Waals surface area contributed by atoms with Crippen LogP contribution in [0.4, 0.5) is 0 Å². The van der Waals surface area contributed by atoms with E-state index in [2.05, 4.69) is 17.1 Å². The quantitative estimate of drug-likeness (QED) is 0.425. The molecule has 2 aromatic heterocycles. The van der Waals surface area contributed by atoms with E-state index in [0.29, 0.717) is 30.4 Å². The van der Waals surface area contributed by atoms with Crippen LogP contribution in [-0.2, 0) is 12.1 Å². The second-order valence-corrected chi connectivity index (χ2v) is 8.44. The third kappa shape index (κ3) is 5.38. The molecule has 0 saturated carbocycles. The molecule has 7 heteroatoms. The molecule has 1 N–H and O–H groups in total. The van der Waals surface area contributed by atoms with Crippen LogP contribution in [0.1, 0.15) is 38.3 Å². The molecule has 0 radical (unpaired) electrons. The fraction of sp³-hybridized carbons (Fsp3) is 0.269. The number of aliphatic hydroxyl groups is 1. The smallest absolute Gasteiger partial charge is 0.258 e. The summed E-state index contributed by atoms with van der Waals surface area (Å²) in [4.78, 5) is 16.9. The third-order valence-electron chi connectivity index (χ3n) is 5.23. The van der Waals surface area contributed by atoms with E-state index >= 15 is 0 Å². The van der Waals surface area contributed by atoms with Crippen molar-refractivity contribution in [2.75, 3.05) is 6.61 Å². The van der Waals surface area contributed by atoms with Crippen molar-refractivity contribution in [1.82, 2.24) is 14.7 Å². The van der Waals surface area contributed by atoms with Gasteiger partial charge in [0.25, 0.3) is 11.4 Å². The zero-order chi connectivity index (χ0) is 23.4. The molecule has 0 aliphatic carbocycles. The molecule has 0 fully saturated rings. The van der Waals surface area contributed by atoms with E-state index in [0.717, 1.165) is 28.9 Å². The van der Waals surface area contributed by atoms with Crippen LogP contribution in [0.15, 0.2) is 76.2 Å². The maximum atomic E-state index is 12.5. The van der Waals surface area contributed by atoms with Gasteiger partial charge < -0.3 is 18.9 Å². The van der Waals surface area contributed by atoms with Crippen LogP contribution in [0.2, 0.25) is 0 Å². The van der Waals surface area contributed by atoms with E-state index in [1.807, 2.05) is 48.5 Å². The molecule has 0 amide bonds. The number of nitrogens with zero attached hydrogens (tertiary/aromatic N) is 3. The molecule has 0 unspecified atom stereocenters. The first-order chi connectivity index (χ1) is 15.8. The van der Waals surface area contributed by atoms with Gasteiger partial charge in [-0.1, -0.05) is 36.3 Å². The standard InChI is InChI=1S/C26H27N3O4/c1-4-14-32-22-7-5-6-18(15-22)16-29-17-20(10-13-23(29)30)24-27-25(33-28-24)19-8-11-21(12-9-19)26(2,3)31/h5-13,15,17,31H,4,14,16H2,1-3H3. The fourth-order valence-electron chi connectivity index (χ4n) is 3.42. The van der Waals surface area contributed by atoms with Crippen molar-refractivity contribution in [3.8, 4) is 28.6 Å². The molecule has 0 bridgehead atoms. The fourth-order valence-corrected chi connectivity index (χ4v) is 3.42. The molecule has 0 spiro atoms. The highest BCUT2D eigenvalue weighted by Crippen LogP contribution is 2.25. The third-order valence-corrected chi connectivity index (χ3v) is 5.23. The molecule has 7 nitrogen and oxygen atoms in total. The van der Waals surface area contributed by atoms with Gasteiger partial charge in [0, 0.05) is 23.4 Å². The van der Waals surface area contributed by atoms with Crippen molar-refractivity contribution in [3.63, 3.8) is 0 Å². The first-order valence-corrected chi connectivity index (χ1v) is 10.9. The van der Waals surface area contributed by atoms with Gasteiger partial charge in [0.15, 0.2) is 0 Å². The Morgan fingerprint density at radius 3 is 2.55 bits per heavy atom. The zero-order valence-electron chi connectivity index (χ0n) is 19.0. The Morgan fingerprint density at radius 2 is 1.82 bits per heavy atom. The molecule has 0 atom stereocenters. The van der Waals surface area contributed by atoms with Crippen LogP contribution in [0.5, 0.6) is 5.75 Å². The summed E-state index contributed by atoms with van der Waals surface area (Å²) >= 11 is 0. The summed E-state index contributed by atoms with van der Waals surface area (Å²) in [6, 6.07) is 18.2. The predicted molar refractivity (Wildman–Crippen MR) is 126 cm³/mol. The maximum Gasteiger partial charge on any atom is 0.258 e. The Hall–Kier alpha value is -3.71. The van der Waals surface area contributed by atoms with E-state index in [-0.39, 0.29) is 5.56 Å². The minimum atomic E-state index is -0.923. The highest BCUT2D eigenvalue weighted by Gasteiger charge is 2.17. The molecule has 170 valence electrons. The molecule has 0 aliphatic heterocycles. The highest BCUT2D eigenvalue weighted by atomic mass is 16.5. The van der Waals surface area contributed by atoms with Crippen LogP contribution in [-0.4, -0.2) is 26.4 Å². The van der Waals surface area contributed by atoms with Gasteiger partial charge in [-0.05, 0) is 61.7 Å². The number of hydrogen-bond acceptors (Lipinski definition) is 6. The Morgan fingerprint density at radius 1 is 1.06 bits per heavy atom. The van der Waals surface area contributed by atoms with Crippen LogP contribution in [0.3, 0.4) is 0 Å². The summed E-state index contributed by atoms with van der Waals surface area (Å²) in [6.45, 7) is 6.58. The van der Waals surface area contributed by atoms with Crippen molar-refractivity contribution in [3.05, 3.63) is 88.3 Å². The van der Waals surface area contributed by atoms with Gasteiger partial charge >= 0.3 is 0 Å². The van der Waals surface area contributed by atoms with E-state index in [1.165, 1.54) is 6.07 Å². The number of hydrogen-bond donors (Lipinski definition) is 1. The Labute approximate surface area is 192 Å². The largest absolute Gasteiger partial charge is 0.494 e. The first-order valence-electron chi connectivity index (χ1n) is 10.9. The van der Waals surface area contributed by atoms with E-state index in [1.54, 1.807) is 30.7 Å². The van der Waals surface area contributed by atoms with Gasteiger partial charge in [-0.3, -0.25) is 4.79 Å². The molecular formula is C26H27N3O4. The normalized spacial score (nSPS) is 11.5. The van der Waals surface area contributed by atoms with Crippen LogP contribution < -0.4 is 10.3 Å². The highest BCUT2D eigenvalue weighted by molar-refractivity contribution is 5.59. The van der Waals surface area contributed by atoms with Crippen molar-refractivity contribution >= 4 is 0 Å². The van der Waals surface area contributed by atoms with Crippen LogP contribution in [0.25, 0.3) is 22.8 Å². The minimum absolute atomic E-state index is 0.121. The van der Waals surface area contributed by atoms with Gasteiger partial charge in [-0.2, -0.15) is 4.98 Å². The molecule has 33 heavy (non-hydrogen) atoms. The van der Waals surface area contributed by atoms with Gasteiger partial charge in [0.1, 0.15) is 5.75 Å². The summed E-state index contributed by atoms with van der Waals surface area (Å²) < 4.78 is 12.8. The summed E-state index contributed by atoms with van der Waals surface area (Å²) in [6.07, 6.45) is 2.66.